The SMILES string of the molecule is Cn1c(SCCc2ccccc2)nnc1-c1cccnc1. The molecular formula is C16H16N4S. The maximum atomic E-state index is 4.27. The maximum absolute atomic E-state index is 4.27. The summed E-state index contributed by atoms with van der Waals surface area (Å²) in [4.78, 5) is 4.13. The van der Waals surface area contributed by atoms with Crippen LogP contribution in [0.3, 0.4) is 0 Å². The smallest absolute Gasteiger partial charge is 0.191 e. The summed E-state index contributed by atoms with van der Waals surface area (Å²) in [6, 6.07) is 14.4. The Kier molecular flexibility index (Phi) is 4.31. The van der Waals surface area contributed by atoms with Gasteiger partial charge in [0.1, 0.15) is 0 Å². The van der Waals surface area contributed by atoms with Crippen LogP contribution in [0.5, 0.6) is 0 Å². The third-order valence-electron chi connectivity index (χ3n) is 3.22. The Labute approximate surface area is 128 Å². The van der Waals surface area contributed by atoms with E-state index in [4.69, 9.17) is 0 Å². The number of hydrogen-bond donors (Lipinski definition) is 0. The molecule has 2 heterocycles. The molecule has 106 valence electrons. The van der Waals surface area contributed by atoms with Gasteiger partial charge >= 0.3 is 0 Å². The summed E-state index contributed by atoms with van der Waals surface area (Å²) in [5.74, 6) is 1.84. The molecule has 4 nitrogen and oxygen atoms in total. The second-order valence-corrected chi connectivity index (χ2v) is 5.75. The van der Waals surface area contributed by atoms with Gasteiger partial charge < -0.3 is 4.57 Å². The van der Waals surface area contributed by atoms with E-state index in [0.29, 0.717) is 0 Å². The van der Waals surface area contributed by atoms with Crippen molar-refractivity contribution in [3.05, 3.63) is 60.4 Å². The van der Waals surface area contributed by atoms with E-state index in [9.17, 15) is 0 Å². The molecule has 0 fully saturated rings. The quantitative estimate of drug-likeness (QED) is 0.678. The Morgan fingerprint density at radius 1 is 1.05 bits per heavy atom. The number of aromatic nitrogens is 4. The summed E-state index contributed by atoms with van der Waals surface area (Å²) in [6.45, 7) is 0. The lowest BCUT2D eigenvalue weighted by Gasteiger charge is -2.03. The standard InChI is InChI=1S/C16H16N4S/c1-20-15(14-8-5-10-17-12-14)18-19-16(20)21-11-9-13-6-3-2-4-7-13/h2-8,10,12H,9,11H2,1H3. The van der Waals surface area contributed by atoms with Crippen LogP contribution < -0.4 is 0 Å². The Balaban J connectivity index is 1.66. The Bertz CT molecular complexity index is 695. The molecule has 3 aromatic rings. The minimum Gasteiger partial charge on any atom is -0.305 e. The lowest BCUT2D eigenvalue weighted by molar-refractivity contribution is 0.793. The van der Waals surface area contributed by atoms with E-state index in [1.54, 1.807) is 18.0 Å². The van der Waals surface area contributed by atoms with Crippen LogP contribution in [0.25, 0.3) is 11.4 Å². The molecule has 0 aliphatic heterocycles. The molecule has 5 heteroatoms. The predicted octanol–water partition coefficient (Wildman–Crippen LogP) is 3.21. The molecular weight excluding hydrogens is 280 g/mol. The highest BCUT2D eigenvalue weighted by atomic mass is 32.2. The molecule has 0 radical (unpaired) electrons. The number of hydrogen-bond acceptors (Lipinski definition) is 4. The van der Waals surface area contributed by atoms with Gasteiger partial charge in [-0.05, 0) is 24.1 Å². The molecule has 0 saturated heterocycles. The predicted molar refractivity (Wildman–Crippen MR) is 85.1 cm³/mol. The first kappa shape index (κ1) is 13.8. The molecule has 0 unspecified atom stereocenters. The molecule has 0 amide bonds. The third-order valence-corrected chi connectivity index (χ3v) is 4.24. The summed E-state index contributed by atoms with van der Waals surface area (Å²) in [5.41, 5.74) is 2.34. The second-order valence-electron chi connectivity index (χ2n) is 4.69. The average Bonchev–Trinajstić information content (AvgIpc) is 2.90. The Hall–Kier alpha value is -2.14. The molecule has 1 aromatic carbocycles. The molecule has 0 saturated carbocycles. The first-order valence-corrected chi connectivity index (χ1v) is 7.79. The molecule has 3 rings (SSSR count). The van der Waals surface area contributed by atoms with Crippen molar-refractivity contribution in [2.24, 2.45) is 7.05 Å². The number of thioether (sulfide) groups is 1. The van der Waals surface area contributed by atoms with Gasteiger partial charge in [-0.25, -0.2) is 0 Å². The van der Waals surface area contributed by atoms with Crippen molar-refractivity contribution in [2.45, 2.75) is 11.6 Å². The zero-order valence-electron chi connectivity index (χ0n) is 11.8. The Morgan fingerprint density at radius 3 is 2.67 bits per heavy atom. The van der Waals surface area contributed by atoms with Gasteiger partial charge in [0, 0.05) is 30.8 Å². The third kappa shape index (κ3) is 3.31. The highest BCUT2D eigenvalue weighted by molar-refractivity contribution is 7.99. The number of pyridine rings is 1. The molecule has 0 N–H and O–H groups in total. The van der Waals surface area contributed by atoms with Gasteiger partial charge in [-0.15, -0.1) is 10.2 Å². The van der Waals surface area contributed by atoms with Gasteiger partial charge in [-0.1, -0.05) is 42.1 Å². The van der Waals surface area contributed by atoms with Crippen molar-refractivity contribution in [3.8, 4) is 11.4 Å². The Morgan fingerprint density at radius 2 is 1.90 bits per heavy atom. The van der Waals surface area contributed by atoms with E-state index in [-0.39, 0.29) is 0 Å². The number of benzene rings is 1. The van der Waals surface area contributed by atoms with E-state index in [2.05, 4.69) is 39.4 Å². The van der Waals surface area contributed by atoms with Crippen molar-refractivity contribution in [1.82, 2.24) is 19.7 Å². The topological polar surface area (TPSA) is 43.6 Å². The van der Waals surface area contributed by atoms with Crippen molar-refractivity contribution in [3.63, 3.8) is 0 Å². The van der Waals surface area contributed by atoms with Gasteiger partial charge in [0.25, 0.3) is 0 Å². The van der Waals surface area contributed by atoms with Crippen molar-refractivity contribution < 1.29 is 0 Å². The zero-order chi connectivity index (χ0) is 14.5. The summed E-state index contributed by atoms with van der Waals surface area (Å²) >= 11 is 1.73. The molecule has 0 spiro atoms. The van der Waals surface area contributed by atoms with Gasteiger partial charge in [0.05, 0.1) is 0 Å². The van der Waals surface area contributed by atoms with E-state index in [0.717, 1.165) is 28.7 Å². The van der Waals surface area contributed by atoms with Gasteiger partial charge in [-0.2, -0.15) is 0 Å². The lowest BCUT2D eigenvalue weighted by Crippen LogP contribution is -1.96. The van der Waals surface area contributed by atoms with E-state index < -0.39 is 0 Å². The van der Waals surface area contributed by atoms with Crippen LogP contribution in [0.15, 0.2) is 60.0 Å². The number of nitrogens with zero attached hydrogens (tertiary/aromatic N) is 4. The van der Waals surface area contributed by atoms with Gasteiger partial charge in [0.15, 0.2) is 11.0 Å². The van der Waals surface area contributed by atoms with Crippen molar-refractivity contribution >= 4 is 11.8 Å². The van der Waals surface area contributed by atoms with Crippen LogP contribution in [0.4, 0.5) is 0 Å². The van der Waals surface area contributed by atoms with Crippen molar-refractivity contribution in [1.29, 1.82) is 0 Å². The largest absolute Gasteiger partial charge is 0.305 e. The molecule has 0 atom stereocenters. The second kappa shape index (κ2) is 6.54. The fraction of sp³-hybridized carbons (Fsp3) is 0.188. The van der Waals surface area contributed by atoms with Crippen LogP contribution >= 0.6 is 11.8 Å². The highest BCUT2D eigenvalue weighted by Gasteiger charge is 2.10. The normalized spacial score (nSPS) is 10.7. The first-order valence-electron chi connectivity index (χ1n) is 6.81. The summed E-state index contributed by atoms with van der Waals surface area (Å²) in [5, 5.41) is 9.47. The van der Waals surface area contributed by atoms with E-state index in [1.165, 1.54) is 5.56 Å². The zero-order valence-corrected chi connectivity index (χ0v) is 12.6. The molecule has 21 heavy (non-hydrogen) atoms. The monoisotopic (exact) mass is 296 g/mol. The van der Waals surface area contributed by atoms with Crippen LogP contribution in [0, 0.1) is 0 Å². The molecule has 0 bridgehead atoms. The van der Waals surface area contributed by atoms with Gasteiger partial charge in [-0.3, -0.25) is 4.98 Å². The van der Waals surface area contributed by atoms with Crippen molar-refractivity contribution in [2.75, 3.05) is 5.75 Å². The minimum atomic E-state index is 0.852. The fourth-order valence-electron chi connectivity index (χ4n) is 2.09. The summed E-state index contributed by atoms with van der Waals surface area (Å²) in [7, 11) is 1.99. The van der Waals surface area contributed by atoms with E-state index >= 15 is 0 Å². The van der Waals surface area contributed by atoms with Crippen LogP contribution in [0.2, 0.25) is 0 Å². The fourth-order valence-corrected chi connectivity index (χ4v) is 2.99. The highest BCUT2D eigenvalue weighted by Crippen LogP contribution is 2.22. The van der Waals surface area contributed by atoms with E-state index in [1.807, 2.05) is 36.0 Å². The number of rotatable bonds is 5. The number of aryl methyl sites for hydroxylation is 1. The minimum absolute atomic E-state index is 0.852. The molecule has 2 aromatic heterocycles. The first-order chi connectivity index (χ1) is 10.3. The van der Waals surface area contributed by atoms with Crippen LogP contribution in [0.1, 0.15) is 5.56 Å². The summed E-state index contributed by atoms with van der Waals surface area (Å²) < 4.78 is 2.02. The van der Waals surface area contributed by atoms with Gasteiger partial charge in [0.2, 0.25) is 0 Å². The van der Waals surface area contributed by atoms with Crippen LogP contribution in [-0.2, 0) is 13.5 Å². The lowest BCUT2D eigenvalue weighted by atomic mass is 10.2. The van der Waals surface area contributed by atoms with Crippen LogP contribution in [-0.4, -0.2) is 25.5 Å². The summed E-state index contributed by atoms with van der Waals surface area (Å²) in [6.07, 6.45) is 4.60. The molecule has 0 aliphatic carbocycles. The maximum Gasteiger partial charge on any atom is 0.191 e. The molecule has 0 aliphatic rings. The average molecular weight is 296 g/mol.